The van der Waals surface area contributed by atoms with Gasteiger partial charge < -0.3 is 4.57 Å². The van der Waals surface area contributed by atoms with Crippen LogP contribution < -0.4 is 0 Å². The lowest BCUT2D eigenvalue weighted by Gasteiger charge is -2.14. The Balaban J connectivity index is 1.14. The van der Waals surface area contributed by atoms with Gasteiger partial charge in [-0.25, -0.2) is 9.97 Å². The van der Waals surface area contributed by atoms with Crippen LogP contribution in [-0.4, -0.2) is 14.5 Å². The van der Waals surface area contributed by atoms with Crippen LogP contribution in [-0.2, 0) is 0 Å². The van der Waals surface area contributed by atoms with Gasteiger partial charge in [-0.05, 0) is 80.2 Å². The predicted molar refractivity (Wildman–Crippen MR) is 231 cm³/mol. The molecule has 9 aromatic carbocycles. The predicted octanol–water partition coefficient (Wildman–Crippen LogP) is 13.7. The molecule has 256 valence electrons. The van der Waals surface area contributed by atoms with E-state index in [0.29, 0.717) is 0 Å². The zero-order valence-electron chi connectivity index (χ0n) is 29.9. The fraction of sp³-hybridized carbons (Fsp3) is 0. The van der Waals surface area contributed by atoms with E-state index >= 15 is 0 Å². The molecule has 0 amide bonds. The Hall–Kier alpha value is -7.36. The molecule has 55 heavy (non-hydrogen) atoms. The zero-order chi connectivity index (χ0) is 36.3. The van der Waals surface area contributed by atoms with Crippen LogP contribution in [0.1, 0.15) is 0 Å². The van der Waals surface area contributed by atoms with Crippen molar-refractivity contribution >= 4 is 54.4 Å². The van der Waals surface area contributed by atoms with Gasteiger partial charge in [0.05, 0.1) is 33.5 Å². The van der Waals surface area contributed by atoms with Crippen LogP contribution in [0.2, 0.25) is 0 Å². The molecule has 0 spiro atoms. The van der Waals surface area contributed by atoms with Crippen LogP contribution in [0.3, 0.4) is 0 Å². The van der Waals surface area contributed by atoms with Crippen molar-refractivity contribution < 1.29 is 0 Å². The molecule has 0 aliphatic carbocycles. The standard InChI is InChI=1S/C52H33N3/c1-4-15-34(16-5-1)44-33-48-50(43-26-13-12-25-42(43)44)49-41-24-11-10-17-35(41)28-30-47(49)55(48)40-23-14-22-38(31-40)39-27-29-45-46(32-39)54-52(37-20-8-3-9-21-37)51(53-45)36-18-6-2-7-19-36/h1-33H. The van der Waals surface area contributed by atoms with Crippen LogP contribution in [0.5, 0.6) is 0 Å². The Bertz CT molecular complexity index is 3240. The molecule has 0 aliphatic heterocycles. The summed E-state index contributed by atoms with van der Waals surface area (Å²) >= 11 is 0. The van der Waals surface area contributed by atoms with Crippen molar-refractivity contribution in [2.24, 2.45) is 0 Å². The quantitative estimate of drug-likeness (QED) is 0.179. The Labute approximate surface area is 318 Å². The molecule has 11 aromatic rings. The van der Waals surface area contributed by atoms with Gasteiger partial charge in [0, 0.05) is 27.6 Å². The first-order valence-electron chi connectivity index (χ1n) is 18.7. The SMILES string of the molecule is c1ccc(-c2nc3ccc(-c4cccc(-n5c6ccc7ccccc7c6c6c7ccccc7c(-c7ccccc7)cc65)c4)cc3nc2-c2ccccc2)cc1. The van der Waals surface area contributed by atoms with Crippen molar-refractivity contribution in [2.45, 2.75) is 0 Å². The summed E-state index contributed by atoms with van der Waals surface area (Å²) in [7, 11) is 0. The van der Waals surface area contributed by atoms with E-state index in [-0.39, 0.29) is 0 Å². The first kappa shape index (κ1) is 31.2. The fourth-order valence-corrected chi connectivity index (χ4v) is 8.43. The molecular weight excluding hydrogens is 667 g/mol. The van der Waals surface area contributed by atoms with E-state index in [4.69, 9.17) is 9.97 Å². The molecule has 0 N–H and O–H groups in total. The average Bonchev–Trinajstić information content (AvgIpc) is 3.61. The van der Waals surface area contributed by atoms with E-state index in [1.165, 1.54) is 54.5 Å². The summed E-state index contributed by atoms with van der Waals surface area (Å²) in [5, 5.41) is 7.56. The number of hydrogen-bond acceptors (Lipinski definition) is 2. The van der Waals surface area contributed by atoms with Crippen LogP contribution in [0.25, 0.3) is 105 Å². The minimum Gasteiger partial charge on any atom is -0.309 e. The molecule has 2 heterocycles. The van der Waals surface area contributed by atoms with Crippen LogP contribution in [0.4, 0.5) is 0 Å². The Morgan fingerprint density at radius 1 is 0.327 bits per heavy atom. The molecule has 0 saturated carbocycles. The lowest BCUT2D eigenvalue weighted by molar-refractivity contribution is 1.18. The third-order valence-corrected chi connectivity index (χ3v) is 10.9. The molecule has 0 atom stereocenters. The summed E-state index contributed by atoms with van der Waals surface area (Å²) < 4.78 is 2.46. The number of hydrogen-bond donors (Lipinski definition) is 0. The fourth-order valence-electron chi connectivity index (χ4n) is 8.43. The minimum atomic E-state index is 0.865. The second kappa shape index (κ2) is 12.6. The molecule has 0 aliphatic rings. The monoisotopic (exact) mass is 699 g/mol. The maximum Gasteiger partial charge on any atom is 0.0973 e. The van der Waals surface area contributed by atoms with E-state index in [0.717, 1.165) is 50.4 Å². The first-order valence-corrected chi connectivity index (χ1v) is 18.7. The first-order chi connectivity index (χ1) is 27.3. The van der Waals surface area contributed by atoms with Gasteiger partial charge in [-0.15, -0.1) is 0 Å². The van der Waals surface area contributed by atoms with Crippen molar-refractivity contribution in [3.8, 4) is 50.5 Å². The number of rotatable bonds is 5. The van der Waals surface area contributed by atoms with Crippen molar-refractivity contribution in [3.63, 3.8) is 0 Å². The van der Waals surface area contributed by atoms with Crippen LogP contribution in [0, 0.1) is 0 Å². The maximum absolute atomic E-state index is 5.29. The molecule has 0 bridgehead atoms. The van der Waals surface area contributed by atoms with Crippen molar-refractivity contribution in [1.82, 2.24) is 14.5 Å². The highest BCUT2D eigenvalue weighted by Gasteiger charge is 2.20. The van der Waals surface area contributed by atoms with Crippen LogP contribution in [0.15, 0.2) is 200 Å². The third kappa shape index (κ3) is 5.13. The van der Waals surface area contributed by atoms with Gasteiger partial charge in [-0.3, -0.25) is 0 Å². The molecule has 2 aromatic heterocycles. The smallest absolute Gasteiger partial charge is 0.0973 e. The molecule has 0 saturated heterocycles. The van der Waals surface area contributed by atoms with Gasteiger partial charge in [-0.2, -0.15) is 0 Å². The molecule has 0 fully saturated rings. The van der Waals surface area contributed by atoms with Gasteiger partial charge in [0.25, 0.3) is 0 Å². The Kier molecular flexibility index (Phi) is 7.17. The van der Waals surface area contributed by atoms with E-state index < -0.39 is 0 Å². The van der Waals surface area contributed by atoms with E-state index in [9.17, 15) is 0 Å². The summed E-state index contributed by atoms with van der Waals surface area (Å²) in [6.07, 6.45) is 0. The zero-order valence-corrected chi connectivity index (χ0v) is 29.9. The average molecular weight is 700 g/mol. The molecule has 0 unspecified atom stereocenters. The van der Waals surface area contributed by atoms with Gasteiger partial charge >= 0.3 is 0 Å². The summed E-state index contributed by atoms with van der Waals surface area (Å²) in [4.78, 5) is 10.5. The third-order valence-electron chi connectivity index (χ3n) is 10.9. The Morgan fingerprint density at radius 3 is 1.62 bits per heavy atom. The summed E-state index contributed by atoms with van der Waals surface area (Å²) in [5.41, 5.74) is 13.7. The lowest BCUT2D eigenvalue weighted by atomic mass is 9.94. The Morgan fingerprint density at radius 2 is 0.891 bits per heavy atom. The van der Waals surface area contributed by atoms with E-state index in [2.05, 4.69) is 193 Å². The molecule has 3 nitrogen and oxygen atoms in total. The molecule has 11 rings (SSSR count). The van der Waals surface area contributed by atoms with Gasteiger partial charge in [0.1, 0.15) is 0 Å². The highest BCUT2D eigenvalue weighted by Crippen LogP contribution is 2.44. The minimum absolute atomic E-state index is 0.865. The second-order valence-electron chi connectivity index (χ2n) is 14.2. The lowest BCUT2D eigenvalue weighted by Crippen LogP contribution is -1.96. The summed E-state index contributed by atoms with van der Waals surface area (Å²) in [6.45, 7) is 0. The number of fused-ring (bicyclic) bond motifs is 8. The van der Waals surface area contributed by atoms with Crippen LogP contribution >= 0.6 is 0 Å². The van der Waals surface area contributed by atoms with Crippen molar-refractivity contribution in [3.05, 3.63) is 200 Å². The highest BCUT2D eigenvalue weighted by molar-refractivity contribution is 6.30. The van der Waals surface area contributed by atoms with Gasteiger partial charge in [0.2, 0.25) is 0 Å². The molecule has 0 radical (unpaired) electrons. The summed E-state index contributed by atoms with van der Waals surface area (Å²) in [6, 6.07) is 71.4. The number of aromatic nitrogens is 3. The van der Waals surface area contributed by atoms with Gasteiger partial charge in [0.15, 0.2) is 0 Å². The number of nitrogens with zero attached hydrogens (tertiary/aromatic N) is 3. The maximum atomic E-state index is 5.29. The van der Waals surface area contributed by atoms with Gasteiger partial charge in [-0.1, -0.05) is 164 Å². The van der Waals surface area contributed by atoms with E-state index in [1.54, 1.807) is 0 Å². The topological polar surface area (TPSA) is 30.7 Å². The molecular formula is C52H33N3. The van der Waals surface area contributed by atoms with E-state index in [1.807, 2.05) is 12.1 Å². The number of benzene rings is 9. The normalized spacial score (nSPS) is 11.6. The van der Waals surface area contributed by atoms with Crippen molar-refractivity contribution in [1.29, 1.82) is 0 Å². The second-order valence-corrected chi connectivity index (χ2v) is 14.2. The largest absolute Gasteiger partial charge is 0.309 e. The van der Waals surface area contributed by atoms with Crippen molar-refractivity contribution in [2.75, 3.05) is 0 Å². The highest BCUT2D eigenvalue weighted by atomic mass is 15.0. The molecule has 3 heteroatoms. The summed E-state index contributed by atoms with van der Waals surface area (Å²) in [5.74, 6) is 0.